The van der Waals surface area contributed by atoms with Gasteiger partial charge in [-0.05, 0) is 60.9 Å². The van der Waals surface area contributed by atoms with Crippen molar-refractivity contribution in [2.45, 2.75) is 13.8 Å². The van der Waals surface area contributed by atoms with Crippen molar-refractivity contribution in [2.75, 3.05) is 13.2 Å². The first-order valence-corrected chi connectivity index (χ1v) is 7.77. The van der Waals surface area contributed by atoms with E-state index in [0.717, 1.165) is 16.9 Å². The molecule has 0 aromatic heterocycles. The molecule has 0 aliphatic carbocycles. The summed E-state index contributed by atoms with van der Waals surface area (Å²) in [7, 11) is 0. The highest BCUT2D eigenvalue weighted by Crippen LogP contribution is 2.18. The summed E-state index contributed by atoms with van der Waals surface area (Å²) in [5, 5.41) is 17.7. The number of carboxylic acids is 1. The summed E-state index contributed by atoms with van der Waals surface area (Å²) in [4.78, 5) is 10.9. The fraction of sp³-hybridized carbons (Fsp3) is 0.200. The minimum absolute atomic E-state index is 0.324. The van der Waals surface area contributed by atoms with Gasteiger partial charge >= 0.3 is 5.97 Å². The van der Waals surface area contributed by atoms with E-state index in [1.54, 1.807) is 30.3 Å². The number of carbonyl (C=O) groups is 1. The third-order valence-corrected chi connectivity index (χ3v) is 3.34. The van der Waals surface area contributed by atoms with Crippen LogP contribution in [-0.4, -0.2) is 24.3 Å². The molecule has 2 aromatic rings. The van der Waals surface area contributed by atoms with Crippen LogP contribution in [0.3, 0.4) is 0 Å². The summed E-state index contributed by atoms with van der Waals surface area (Å²) < 4.78 is 11.3. The Hall–Kier alpha value is -3.26. The molecule has 5 heteroatoms. The number of aliphatic carboxylic acids is 1. The molecule has 0 amide bonds. The van der Waals surface area contributed by atoms with Gasteiger partial charge in [0.15, 0.2) is 0 Å². The van der Waals surface area contributed by atoms with Crippen LogP contribution >= 0.6 is 0 Å². The Bertz CT molecular complexity index is 814. The van der Waals surface area contributed by atoms with E-state index in [-0.39, 0.29) is 5.57 Å². The van der Waals surface area contributed by atoms with E-state index < -0.39 is 5.97 Å². The Morgan fingerprint density at radius 3 is 2.32 bits per heavy atom. The first-order chi connectivity index (χ1) is 12.0. The predicted molar refractivity (Wildman–Crippen MR) is 94.6 cm³/mol. The van der Waals surface area contributed by atoms with Crippen molar-refractivity contribution in [2.24, 2.45) is 0 Å². The van der Waals surface area contributed by atoms with Crippen molar-refractivity contribution in [1.29, 1.82) is 5.26 Å². The number of carboxylic acid groups (broad SMARTS) is 1. The van der Waals surface area contributed by atoms with E-state index in [1.807, 2.05) is 26.0 Å². The zero-order chi connectivity index (χ0) is 18.2. The highest BCUT2D eigenvalue weighted by Gasteiger charge is 2.06. The number of ether oxygens (including phenoxy) is 2. The number of hydrogen-bond donors (Lipinski definition) is 1. The Balaban J connectivity index is 1.92. The number of hydrogen-bond acceptors (Lipinski definition) is 4. The van der Waals surface area contributed by atoms with Crippen LogP contribution in [-0.2, 0) is 4.79 Å². The second kappa shape index (κ2) is 8.55. The molecule has 0 atom stereocenters. The second-order valence-electron chi connectivity index (χ2n) is 5.57. The molecule has 0 aliphatic rings. The predicted octanol–water partition coefficient (Wildman–Crippen LogP) is 3.75. The van der Waals surface area contributed by atoms with E-state index in [9.17, 15) is 4.79 Å². The molecule has 2 rings (SSSR count). The van der Waals surface area contributed by atoms with Crippen LogP contribution in [0.15, 0.2) is 48.0 Å². The zero-order valence-corrected chi connectivity index (χ0v) is 14.2. The van der Waals surface area contributed by atoms with Gasteiger partial charge in [0.2, 0.25) is 0 Å². The lowest BCUT2D eigenvalue weighted by Crippen LogP contribution is -2.09. The highest BCUT2D eigenvalue weighted by atomic mass is 16.5. The standard InChI is InChI=1S/C20H19NO4/c1-14-8-15(2)10-19(9-14)25-7-6-24-18-5-3-4-16(12-18)11-17(13-21)20(22)23/h3-5,8-12H,6-7H2,1-2H3,(H,22,23). The maximum Gasteiger partial charge on any atom is 0.346 e. The smallest absolute Gasteiger partial charge is 0.346 e. The molecule has 1 N–H and O–H groups in total. The first kappa shape index (κ1) is 18.1. The third-order valence-electron chi connectivity index (χ3n) is 3.34. The van der Waals surface area contributed by atoms with Crippen LogP contribution < -0.4 is 9.47 Å². The van der Waals surface area contributed by atoms with Crippen LogP contribution in [0.2, 0.25) is 0 Å². The summed E-state index contributed by atoms with van der Waals surface area (Å²) >= 11 is 0. The molecule has 0 aliphatic heterocycles. The summed E-state index contributed by atoms with van der Waals surface area (Å²) in [5.74, 6) is 0.133. The van der Waals surface area contributed by atoms with Crippen molar-refractivity contribution < 1.29 is 19.4 Å². The molecule has 0 saturated heterocycles. The summed E-state index contributed by atoms with van der Waals surface area (Å²) in [6.07, 6.45) is 1.31. The Morgan fingerprint density at radius 1 is 1.08 bits per heavy atom. The minimum Gasteiger partial charge on any atom is -0.490 e. The molecule has 5 nitrogen and oxygen atoms in total. The lowest BCUT2D eigenvalue weighted by Gasteiger charge is -2.10. The zero-order valence-electron chi connectivity index (χ0n) is 14.2. The average molecular weight is 337 g/mol. The van der Waals surface area contributed by atoms with E-state index in [1.165, 1.54) is 6.08 Å². The third kappa shape index (κ3) is 5.70. The monoisotopic (exact) mass is 337 g/mol. The number of benzene rings is 2. The molecular weight excluding hydrogens is 318 g/mol. The molecule has 0 unspecified atom stereocenters. The Kier molecular flexibility index (Phi) is 6.19. The van der Waals surface area contributed by atoms with Crippen LogP contribution in [0.5, 0.6) is 11.5 Å². The molecule has 0 heterocycles. The quantitative estimate of drug-likeness (QED) is 0.473. The Morgan fingerprint density at radius 2 is 1.72 bits per heavy atom. The van der Waals surface area contributed by atoms with Gasteiger partial charge in [-0.2, -0.15) is 5.26 Å². The fourth-order valence-electron chi connectivity index (χ4n) is 2.34. The molecule has 25 heavy (non-hydrogen) atoms. The molecular formula is C20H19NO4. The lowest BCUT2D eigenvalue weighted by atomic mass is 10.1. The number of rotatable bonds is 7. The van der Waals surface area contributed by atoms with Gasteiger partial charge in [0.1, 0.15) is 36.4 Å². The van der Waals surface area contributed by atoms with Crippen molar-refractivity contribution in [3.8, 4) is 17.6 Å². The van der Waals surface area contributed by atoms with Crippen molar-refractivity contribution in [3.63, 3.8) is 0 Å². The van der Waals surface area contributed by atoms with Crippen molar-refractivity contribution >= 4 is 12.0 Å². The normalized spacial score (nSPS) is 10.8. The fourth-order valence-corrected chi connectivity index (χ4v) is 2.34. The van der Waals surface area contributed by atoms with Crippen LogP contribution in [0.1, 0.15) is 16.7 Å². The molecule has 0 saturated carbocycles. The van der Waals surface area contributed by atoms with Gasteiger partial charge in [-0.15, -0.1) is 0 Å². The number of nitriles is 1. The van der Waals surface area contributed by atoms with E-state index in [2.05, 4.69) is 6.07 Å². The van der Waals surface area contributed by atoms with Gasteiger partial charge < -0.3 is 14.6 Å². The topological polar surface area (TPSA) is 79.5 Å². The van der Waals surface area contributed by atoms with E-state index in [0.29, 0.717) is 24.5 Å². The van der Waals surface area contributed by atoms with Gasteiger partial charge in [-0.25, -0.2) is 4.79 Å². The summed E-state index contributed by atoms with van der Waals surface area (Å²) in [6.45, 7) is 4.77. The molecule has 0 radical (unpaired) electrons. The van der Waals surface area contributed by atoms with Gasteiger partial charge in [0.05, 0.1) is 0 Å². The van der Waals surface area contributed by atoms with Crippen molar-refractivity contribution in [3.05, 3.63) is 64.7 Å². The van der Waals surface area contributed by atoms with Crippen LogP contribution in [0.4, 0.5) is 0 Å². The average Bonchev–Trinajstić information content (AvgIpc) is 2.56. The maximum atomic E-state index is 10.9. The van der Waals surface area contributed by atoms with Gasteiger partial charge in [-0.3, -0.25) is 0 Å². The SMILES string of the molecule is Cc1cc(C)cc(OCCOc2cccc(C=C(C#N)C(=O)O)c2)c1. The highest BCUT2D eigenvalue weighted by molar-refractivity contribution is 5.96. The second-order valence-corrected chi connectivity index (χ2v) is 5.57. The molecule has 0 spiro atoms. The van der Waals surface area contributed by atoms with Crippen molar-refractivity contribution in [1.82, 2.24) is 0 Å². The summed E-state index contributed by atoms with van der Waals surface area (Å²) in [5.41, 5.74) is 2.55. The Labute approximate surface area is 146 Å². The van der Waals surface area contributed by atoms with E-state index in [4.69, 9.17) is 19.8 Å². The van der Waals surface area contributed by atoms with Gasteiger partial charge in [0, 0.05) is 0 Å². The summed E-state index contributed by atoms with van der Waals surface area (Å²) in [6, 6.07) is 14.5. The minimum atomic E-state index is -1.25. The largest absolute Gasteiger partial charge is 0.490 e. The number of nitrogens with zero attached hydrogens (tertiary/aromatic N) is 1. The number of aryl methyl sites for hydroxylation is 2. The first-order valence-electron chi connectivity index (χ1n) is 7.77. The van der Waals surface area contributed by atoms with Gasteiger partial charge in [-0.1, -0.05) is 18.2 Å². The van der Waals surface area contributed by atoms with Crippen LogP contribution in [0.25, 0.3) is 6.08 Å². The lowest BCUT2D eigenvalue weighted by molar-refractivity contribution is -0.132. The van der Waals surface area contributed by atoms with Crippen LogP contribution in [0, 0.1) is 25.2 Å². The molecule has 128 valence electrons. The molecule has 0 bridgehead atoms. The molecule has 2 aromatic carbocycles. The van der Waals surface area contributed by atoms with Gasteiger partial charge in [0.25, 0.3) is 0 Å². The van der Waals surface area contributed by atoms with E-state index >= 15 is 0 Å². The maximum absolute atomic E-state index is 10.9. The molecule has 0 fully saturated rings.